The van der Waals surface area contributed by atoms with Gasteiger partial charge in [0.05, 0.1) is 30.3 Å². The van der Waals surface area contributed by atoms with Gasteiger partial charge in [0.25, 0.3) is 5.91 Å². The molecule has 1 aromatic carbocycles. The number of methoxy groups -OCH3 is 1. The molecule has 0 aromatic heterocycles. The molecule has 2 fully saturated rings. The average molecular weight is 385 g/mol. The number of ether oxygens (including phenoxy) is 1. The number of esters is 1. The monoisotopic (exact) mass is 385 g/mol. The SMILES string of the molecule is CC[C@H]1[C@@H](C(=O)OC)C[C@H]2CN(C(=O)c3cccc4c3NCCC4)CC(=O)N21. The first-order valence-electron chi connectivity index (χ1n) is 10.1. The van der Waals surface area contributed by atoms with Gasteiger partial charge in [0, 0.05) is 19.1 Å². The maximum atomic E-state index is 13.3. The molecule has 150 valence electrons. The highest BCUT2D eigenvalue weighted by Crippen LogP contribution is 2.36. The lowest BCUT2D eigenvalue weighted by Crippen LogP contribution is -2.57. The van der Waals surface area contributed by atoms with E-state index in [9.17, 15) is 14.4 Å². The summed E-state index contributed by atoms with van der Waals surface area (Å²) in [6.07, 6.45) is 3.26. The van der Waals surface area contributed by atoms with E-state index in [1.54, 1.807) is 4.90 Å². The number of amides is 2. The number of carbonyl (C=O) groups excluding carboxylic acids is 3. The molecule has 28 heavy (non-hydrogen) atoms. The lowest BCUT2D eigenvalue weighted by molar-refractivity contribution is -0.147. The quantitative estimate of drug-likeness (QED) is 0.801. The highest BCUT2D eigenvalue weighted by molar-refractivity contribution is 6.02. The van der Waals surface area contributed by atoms with E-state index in [2.05, 4.69) is 5.32 Å². The van der Waals surface area contributed by atoms with Crippen LogP contribution in [-0.4, -0.2) is 66.4 Å². The minimum absolute atomic E-state index is 0.0589. The van der Waals surface area contributed by atoms with Crippen molar-refractivity contribution >= 4 is 23.5 Å². The smallest absolute Gasteiger partial charge is 0.310 e. The predicted molar refractivity (Wildman–Crippen MR) is 104 cm³/mol. The molecule has 3 aliphatic rings. The van der Waals surface area contributed by atoms with Crippen LogP contribution < -0.4 is 5.32 Å². The van der Waals surface area contributed by atoms with Gasteiger partial charge in [-0.3, -0.25) is 14.4 Å². The zero-order chi connectivity index (χ0) is 19.8. The molecule has 0 aliphatic carbocycles. The van der Waals surface area contributed by atoms with E-state index >= 15 is 0 Å². The van der Waals surface area contributed by atoms with Crippen LogP contribution in [0.3, 0.4) is 0 Å². The first-order chi connectivity index (χ1) is 13.5. The van der Waals surface area contributed by atoms with Gasteiger partial charge in [0.2, 0.25) is 5.91 Å². The normalized spacial score (nSPS) is 26.4. The zero-order valence-corrected chi connectivity index (χ0v) is 16.4. The van der Waals surface area contributed by atoms with Crippen molar-refractivity contribution in [2.24, 2.45) is 5.92 Å². The molecule has 1 aromatic rings. The van der Waals surface area contributed by atoms with Crippen molar-refractivity contribution in [2.75, 3.05) is 32.1 Å². The fourth-order valence-corrected chi connectivity index (χ4v) is 5.04. The third kappa shape index (κ3) is 3.02. The van der Waals surface area contributed by atoms with E-state index in [0.717, 1.165) is 30.6 Å². The molecule has 4 rings (SSSR count). The summed E-state index contributed by atoms with van der Waals surface area (Å²) in [7, 11) is 1.38. The first kappa shape index (κ1) is 18.8. The number of anilines is 1. The molecule has 3 heterocycles. The molecule has 0 bridgehead atoms. The third-order valence-corrected chi connectivity index (χ3v) is 6.30. The van der Waals surface area contributed by atoms with Gasteiger partial charge in [-0.1, -0.05) is 19.1 Å². The summed E-state index contributed by atoms with van der Waals surface area (Å²) in [6, 6.07) is 5.51. The number of nitrogens with one attached hydrogen (secondary N) is 1. The molecule has 2 saturated heterocycles. The lowest BCUT2D eigenvalue weighted by atomic mass is 9.97. The largest absolute Gasteiger partial charge is 0.469 e. The number of fused-ring (bicyclic) bond motifs is 2. The number of benzene rings is 1. The zero-order valence-electron chi connectivity index (χ0n) is 16.4. The van der Waals surface area contributed by atoms with Crippen LogP contribution in [0.4, 0.5) is 5.69 Å². The topological polar surface area (TPSA) is 79.0 Å². The van der Waals surface area contributed by atoms with Gasteiger partial charge < -0.3 is 19.9 Å². The molecule has 7 nitrogen and oxygen atoms in total. The van der Waals surface area contributed by atoms with Crippen LogP contribution in [0.1, 0.15) is 42.1 Å². The summed E-state index contributed by atoms with van der Waals surface area (Å²) in [5.74, 6) is -0.784. The standard InChI is InChI=1S/C21H27N3O4/c1-3-17-16(21(27)28-2)10-14-11-23(12-18(25)24(14)17)20(26)15-8-4-6-13-7-5-9-22-19(13)15/h4,6,8,14,16-17,22H,3,5,7,9-12H2,1-2H3/t14-,16-,17-/m0/s1. The van der Waals surface area contributed by atoms with Crippen LogP contribution in [0.2, 0.25) is 0 Å². The lowest BCUT2D eigenvalue weighted by Gasteiger charge is -2.40. The van der Waals surface area contributed by atoms with Crippen molar-refractivity contribution < 1.29 is 19.1 Å². The van der Waals surface area contributed by atoms with E-state index in [4.69, 9.17) is 4.74 Å². The summed E-state index contributed by atoms with van der Waals surface area (Å²) in [4.78, 5) is 41.8. The first-order valence-corrected chi connectivity index (χ1v) is 10.1. The maximum Gasteiger partial charge on any atom is 0.310 e. The summed E-state index contributed by atoms with van der Waals surface area (Å²) in [6.45, 7) is 3.35. The predicted octanol–water partition coefficient (Wildman–Crippen LogP) is 1.67. The second-order valence-electron chi connectivity index (χ2n) is 7.85. The third-order valence-electron chi connectivity index (χ3n) is 6.30. The summed E-state index contributed by atoms with van der Waals surface area (Å²) in [5.41, 5.74) is 2.69. The van der Waals surface area contributed by atoms with E-state index in [0.29, 0.717) is 24.9 Å². The molecular formula is C21H27N3O4. The van der Waals surface area contributed by atoms with Crippen LogP contribution in [0, 0.1) is 5.92 Å². The number of para-hydroxylation sites is 1. The van der Waals surface area contributed by atoms with Crippen molar-refractivity contribution in [3.05, 3.63) is 29.3 Å². The Morgan fingerprint density at radius 1 is 1.32 bits per heavy atom. The van der Waals surface area contributed by atoms with Gasteiger partial charge in [-0.15, -0.1) is 0 Å². The minimum Gasteiger partial charge on any atom is -0.469 e. The summed E-state index contributed by atoms with van der Waals surface area (Å²) < 4.78 is 4.95. The molecule has 0 saturated carbocycles. The molecule has 0 spiro atoms. The Balaban J connectivity index is 1.57. The number of hydrogen-bond donors (Lipinski definition) is 1. The Morgan fingerprint density at radius 3 is 2.89 bits per heavy atom. The second kappa shape index (κ2) is 7.45. The molecule has 0 radical (unpaired) electrons. The van der Waals surface area contributed by atoms with Gasteiger partial charge in [0.15, 0.2) is 0 Å². The maximum absolute atomic E-state index is 13.3. The second-order valence-corrected chi connectivity index (χ2v) is 7.85. The van der Waals surface area contributed by atoms with Crippen LogP contribution in [0.5, 0.6) is 0 Å². The van der Waals surface area contributed by atoms with E-state index < -0.39 is 0 Å². The number of hydrogen-bond acceptors (Lipinski definition) is 5. The average Bonchev–Trinajstić information content (AvgIpc) is 3.11. The number of piperazine rings is 1. The van der Waals surface area contributed by atoms with Crippen molar-refractivity contribution in [3.8, 4) is 0 Å². The molecule has 7 heteroatoms. The summed E-state index contributed by atoms with van der Waals surface area (Å²) in [5, 5.41) is 3.35. The van der Waals surface area contributed by atoms with Gasteiger partial charge in [-0.2, -0.15) is 0 Å². The Morgan fingerprint density at radius 2 is 2.14 bits per heavy atom. The minimum atomic E-state index is -0.315. The van der Waals surface area contributed by atoms with E-state index in [-0.39, 0.29) is 42.3 Å². The van der Waals surface area contributed by atoms with Crippen molar-refractivity contribution in [1.82, 2.24) is 9.80 Å². The highest BCUT2D eigenvalue weighted by atomic mass is 16.5. The molecule has 0 unspecified atom stereocenters. The van der Waals surface area contributed by atoms with Crippen LogP contribution in [-0.2, 0) is 20.7 Å². The Labute approximate surface area is 165 Å². The van der Waals surface area contributed by atoms with Gasteiger partial charge >= 0.3 is 5.97 Å². The van der Waals surface area contributed by atoms with Gasteiger partial charge in [0.1, 0.15) is 6.54 Å². The van der Waals surface area contributed by atoms with Gasteiger partial charge in [-0.05, 0) is 37.3 Å². The number of aryl methyl sites for hydroxylation is 1. The number of rotatable bonds is 3. The summed E-state index contributed by atoms with van der Waals surface area (Å²) >= 11 is 0. The molecule has 2 amide bonds. The molecule has 3 aliphatic heterocycles. The van der Waals surface area contributed by atoms with Crippen molar-refractivity contribution in [2.45, 2.75) is 44.7 Å². The van der Waals surface area contributed by atoms with Crippen LogP contribution >= 0.6 is 0 Å². The highest BCUT2D eigenvalue weighted by Gasteiger charge is 2.50. The molecular weight excluding hydrogens is 358 g/mol. The van der Waals surface area contributed by atoms with E-state index in [1.807, 2.05) is 30.0 Å². The Bertz CT molecular complexity index is 809. The van der Waals surface area contributed by atoms with Crippen LogP contribution in [0.15, 0.2) is 18.2 Å². The Kier molecular flexibility index (Phi) is 5.00. The van der Waals surface area contributed by atoms with Crippen molar-refractivity contribution in [3.63, 3.8) is 0 Å². The van der Waals surface area contributed by atoms with Crippen LogP contribution in [0.25, 0.3) is 0 Å². The fourth-order valence-electron chi connectivity index (χ4n) is 5.04. The fraction of sp³-hybridized carbons (Fsp3) is 0.571. The molecule has 3 atom stereocenters. The molecule has 1 N–H and O–H groups in total. The van der Waals surface area contributed by atoms with Gasteiger partial charge in [-0.25, -0.2) is 0 Å². The van der Waals surface area contributed by atoms with Crippen molar-refractivity contribution in [1.29, 1.82) is 0 Å². The number of carbonyl (C=O) groups is 3. The van der Waals surface area contributed by atoms with E-state index in [1.165, 1.54) is 7.11 Å². The Hall–Kier alpha value is -2.57. The number of nitrogens with zero attached hydrogens (tertiary/aromatic N) is 2.